The van der Waals surface area contributed by atoms with Gasteiger partial charge in [-0.3, -0.25) is 19.3 Å². The van der Waals surface area contributed by atoms with Crippen molar-refractivity contribution in [1.29, 1.82) is 0 Å². The zero-order valence-electron chi connectivity index (χ0n) is 16.8. The van der Waals surface area contributed by atoms with Crippen molar-refractivity contribution in [1.82, 2.24) is 10.2 Å². The first-order valence-electron chi connectivity index (χ1n) is 9.97. The Balaban J connectivity index is 0.00000272. The van der Waals surface area contributed by atoms with E-state index in [0.717, 1.165) is 38.4 Å². The van der Waals surface area contributed by atoms with E-state index in [4.69, 9.17) is 16.3 Å². The van der Waals surface area contributed by atoms with Crippen LogP contribution in [-0.2, 0) is 11.3 Å². The van der Waals surface area contributed by atoms with Gasteiger partial charge in [-0.1, -0.05) is 23.7 Å². The van der Waals surface area contributed by atoms with Gasteiger partial charge in [0.2, 0.25) is 0 Å². The number of rotatable bonds is 6. The average molecular weight is 464 g/mol. The Morgan fingerprint density at radius 2 is 1.71 bits per heavy atom. The smallest absolute Gasteiger partial charge is 0.261 e. The third-order valence-electron chi connectivity index (χ3n) is 5.45. The van der Waals surface area contributed by atoms with E-state index in [1.165, 1.54) is 15.9 Å². The number of hydrogen-bond acceptors (Lipinski definition) is 4. The second kappa shape index (κ2) is 10.2. The van der Waals surface area contributed by atoms with Crippen molar-refractivity contribution in [3.8, 4) is 0 Å². The van der Waals surface area contributed by atoms with Crippen LogP contribution in [0.15, 0.2) is 42.5 Å². The van der Waals surface area contributed by atoms with Gasteiger partial charge >= 0.3 is 0 Å². The number of nitrogens with zero attached hydrogens (tertiary/aromatic N) is 1. The lowest BCUT2D eigenvalue weighted by Gasteiger charge is -2.23. The zero-order chi connectivity index (χ0) is 21.1. The monoisotopic (exact) mass is 463 g/mol. The van der Waals surface area contributed by atoms with Crippen LogP contribution >= 0.6 is 11.6 Å². The molecule has 1 fully saturated rings. The quantitative estimate of drug-likeness (QED) is 0.476. The van der Waals surface area contributed by atoms with E-state index in [1.54, 1.807) is 36.4 Å². The summed E-state index contributed by atoms with van der Waals surface area (Å²) >= 11 is 5.89. The number of imide groups is 1. The molecule has 0 aromatic heterocycles. The summed E-state index contributed by atoms with van der Waals surface area (Å²) in [5.74, 6) is -0.993. The summed E-state index contributed by atoms with van der Waals surface area (Å²) in [6.45, 7) is 4.90. The van der Waals surface area contributed by atoms with Crippen LogP contribution in [-0.4, -0.2) is 62.0 Å². The van der Waals surface area contributed by atoms with E-state index in [0.29, 0.717) is 22.7 Å². The largest absolute Gasteiger partial charge is 1.00 e. The third kappa shape index (κ3) is 5.25. The van der Waals surface area contributed by atoms with Gasteiger partial charge in [-0.15, -0.1) is 0 Å². The van der Waals surface area contributed by atoms with E-state index in [9.17, 15) is 14.4 Å². The maximum atomic E-state index is 12.8. The SMILES string of the molecule is O=C(NCC[NH+]1CCOCC1)c1ccc2c(c1)C(=O)N(Cc1ccc(Cl)cc1)C2=O.[Cl-]. The van der Waals surface area contributed by atoms with Gasteiger partial charge in [0.1, 0.15) is 13.1 Å². The molecular formula is C22H23Cl2N3O4. The Hall–Kier alpha value is -2.45. The molecule has 0 saturated carbocycles. The predicted molar refractivity (Wildman–Crippen MR) is 111 cm³/mol. The van der Waals surface area contributed by atoms with E-state index in [1.807, 2.05) is 0 Å². The lowest BCUT2D eigenvalue weighted by molar-refractivity contribution is -0.906. The Morgan fingerprint density at radius 1 is 1.03 bits per heavy atom. The molecule has 2 aliphatic heterocycles. The van der Waals surface area contributed by atoms with Crippen LogP contribution in [0.2, 0.25) is 5.02 Å². The summed E-state index contributed by atoms with van der Waals surface area (Å²) in [5, 5.41) is 3.49. The topological polar surface area (TPSA) is 80.2 Å². The minimum Gasteiger partial charge on any atom is -1.00 e. The number of hydrogen-bond donors (Lipinski definition) is 2. The summed E-state index contributed by atoms with van der Waals surface area (Å²) < 4.78 is 5.33. The van der Waals surface area contributed by atoms with Gasteiger partial charge in [-0.05, 0) is 35.9 Å². The molecule has 0 atom stereocenters. The highest BCUT2D eigenvalue weighted by Crippen LogP contribution is 2.26. The molecule has 2 aromatic carbocycles. The predicted octanol–water partition coefficient (Wildman–Crippen LogP) is -2.21. The van der Waals surface area contributed by atoms with Crippen molar-refractivity contribution in [2.75, 3.05) is 39.4 Å². The van der Waals surface area contributed by atoms with E-state index < -0.39 is 5.91 Å². The lowest BCUT2D eigenvalue weighted by atomic mass is 10.1. The highest BCUT2D eigenvalue weighted by molar-refractivity contribution is 6.30. The van der Waals surface area contributed by atoms with Gasteiger partial charge in [-0.25, -0.2) is 0 Å². The molecule has 0 radical (unpaired) electrons. The molecule has 0 unspecified atom stereocenters. The summed E-state index contributed by atoms with van der Waals surface area (Å²) in [6.07, 6.45) is 0. The number of carbonyl (C=O) groups excluding carboxylic acids is 3. The van der Waals surface area contributed by atoms with Crippen molar-refractivity contribution < 1.29 is 36.4 Å². The fraction of sp³-hybridized carbons (Fsp3) is 0.318. The highest BCUT2D eigenvalue weighted by atomic mass is 35.5. The molecule has 2 N–H and O–H groups in total. The van der Waals surface area contributed by atoms with Gasteiger partial charge < -0.3 is 27.4 Å². The first-order valence-corrected chi connectivity index (χ1v) is 10.3. The van der Waals surface area contributed by atoms with Gasteiger partial charge in [0.25, 0.3) is 17.7 Å². The molecule has 0 aliphatic carbocycles. The number of quaternary nitrogens is 1. The molecule has 1 saturated heterocycles. The average Bonchev–Trinajstić information content (AvgIpc) is 3.00. The number of morpholine rings is 1. The van der Waals surface area contributed by atoms with Crippen molar-refractivity contribution >= 4 is 29.3 Å². The van der Waals surface area contributed by atoms with Gasteiger partial charge in [-0.2, -0.15) is 0 Å². The summed E-state index contributed by atoms with van der Waals surface area (Å²) in [5.41, 5.74) is 1.77. The van der Waals surface area contributed by atoms with E-state index >= 15 is 0 Å². The van der Waals surface area contributed by atoms with Crippen LogP contribution in [0.5, 0.6) is 0 Å². The maximum absolute atomic E-state index is 12.8. The number of benzene rings is 2. The van der Waals surface area contributed by atoms with Crippen LogP contribution in [0.3, 0.4) is 0 Å². The summed E-state index contributed by atoms with van der Waals surface area (Å²) in [7, 11) is 0. The van der Waals surface area contributed by atoms with Crippen molar-refractivity contribution in [3.63, 3.8) is 0 Å². The molecule has 4 rings (SSSR count). The minimum absolute atomic E-state index is 0. The molecule has 2 aliphatic rings. The van der Waals surface area contributed by atoms with Crippen molar-refractivity contribution in [2.45, 2.75) is 6.54 Å². The summed E-state index contributed by atoms with van der Waals surface area (Å²) in [6, 6.07) is 11.6. The molecular weight excluding hydrogens is 441 g/mol. The number of fused-ring (bicyclic) bond motifs is 1. The fourth-order valence-electron chi connectivity index (χ4n) is 3.71. The minimum atomic E-state index is -0.391. The van der Waals surface area contributed by atoms with Crippen molar-refractivity contribution in [3.05, 3.63) is 69.7 Å². The number of halogens is 2. The second-order valence-corrected chi connectivity index (χ2v) is 7.89. The second-order valence-electron chi connectivity index (χ2n) is 7.45. The molecule has 2 heterocycles. The van der Waals surface area contributed by atoms with Gasteiger partial charge in [0.15, 0.2) is 0 Å². The maximum Gasteiger partial charge on any atom is 0.261 e. The Kier molecular flexibility index (Phi) is 7.67. The highest BCUT2D eigenvalue weighted by Gasteiger charge is 2.36. The molecule has 0 bridgehead atoms. The fourth-order valence-corrected chi connectivity index (χ4v) is 3.84. The van der Waals surface area contributed by atoms with Crippen molar-refractivity contribution in [2.24, 2.45) is 0 Å². The Bertz CT molecular complexity index is 975. The molecule has 7 nitrogen and oxygen atoms in total. The zero-order valence-corrected chi connectivity index (χ0v) is 18.3. The van der Waals surface area contributed by atoms with Crippen LogP contribution in [0.1, 0.15) is 36.6 Å². The molecule has 3 amide bonds. The van der Waals surface area contributed by atoms with Crippen LogP contribution in [0.4, 0.5) is 0 Å². The third-order valence-corrected chi connectivity index (χ3v) is 5.70. The molecule has 2 aromatic rings. The van der Waals surface area contributed by atoms with E-state index in [-0.39, 0.29) is 36.3 Å². The molecule has 9 heteroatoms. The number of amides is 3. The van der Waals surface area contributed by atoms with Crippen LogP contribution in [0, 0.1) is 0 Å². The Labute approximate surface area is 191 Å². The molecule has 31 heavy (non-hydrogen) atoms. The lowest BCUT2D eigenvalue weighted by Crippen LogP contribution is -3.14. The van der Waals surface area contributed by atoms with Gasteiger partial charge in [0.05, 0.1) is 44.0 Å². The normalized spacial score (nSPS) is 16.1. The van der Waals surface area contributed by atoms with Crippen LogP contribution < -0.4 is 22.6 Å². The van der Waals surface area contributed by atoms with Gasteiger partial charge in [0, 0.05) is 10.6 Å². The van der Waals surface area contributed by atoms with Crippen LogP contribution in [0.25, 0.3) is 0 Å². The first-order chi connectivity index (χ1) is 14.5. The number of carbonyl (C=O) groups is 3. The molecule has 0 spiro atoms. The summed E-state index contributed by atoms with van der Waals surface area (Å²) in [4.78, 5) is 40.6. The van der Waals surface area contributed by atoms with E-state index in [2.05, 4.69) is 5.32 Å². The molecule has 164 valence electrons. The standard InChI is InChI=1S/C22H22ClN3O4.ClH/c23-17-4-1-15(2-5-17)14-26-21(28)18-6-3-16(13-19(18)22(26)29)20(27)24-7-8-25-9-11-30-12-10-25;/h1-6,13H,7-12,14H2,(H,24,27);1H. The number of nitrogens with one attached hydrogen (secondary N) is 2. The number of ether oxygens (including phenoxy) is 1. The Morgan fingerprint density at radius 3 is 2.42 bits per heavy atom. The first kappa shape index (κ1) is 23.2.